The summed E-state index contributed by atoms with van der Waals surface area (Å²) < 4.78 is 14.3. The number of benzene rings is 1. The third-order valence-corrected chi connectivity index (χ3v) is 3.04. The van der Waals surface area contributed by atoms with Gasteiger partial charge in [-0.15, -0.1) is 0 Å². The van der Waals surface area contributed by atoms with Crippen molar-refractivity contribution < 1.29 is 9.47 Å². The van der Waals surface area contributed by atoms with Crippen LogP contribution < -0.4 is 9.47 Å². The lowest BCUT2D eigenvalue weighted by molar-refractivity contribution is 0.328. The second-order valence-corrected chi connectivity index (χ2v) is 6.10. The molecule has 0 saturated carbocycles. The first-order valence-electron chi connectivity index (χ1n) is 4.44. The highest BCUT2D eigenvalue weighted by atomic mass is 127. The molecule has 2 nitrogen and oxygen atoms in total. The summed E-state index contributed by atoms with van der Waals surface area (Å²) in [6.45, 7) is 1.48. The quantitative estimate of drug-likeness (QED) is 0.400. The Hall–Kier alpha value is 1.01. The minimum atomic E-state index is 0.742. The van der Waals surface area contributed by atoms with Gasteiger partial charge < -0.3 is 9.47 Å². The molecule has 0 bridgehead atoms. The smallest absolute Gasteiger partial charge is 0.124 e. The predicted molar refractivity (Wildman–Crippen MR) is 87.9 cm³/mol. The zero-order chi connectivity index (χ0) is 11.1. The van der Waals surface area contributed by atoms with Crippen LogP contribution in [-0.4, -0.2) is 22.1 Å². The van der Waals surface area contributed by atoms with Gasteiger partial charge in [-0.05, 0) is 34.7 Å². The SMILES string of the molecule is ICCOc1cc(I)cc(OCCI)c1. The molecule has 0 saturated heterocycles. The third kappa shape index (κ3) is 5.76. The van der Waals surface area contributed by atoms with E-state index in [0.29, 0.717) is 0 Å². The van der Waals surface area contributed by atoms with Crippen molar-refractivity contribution in [3.05, 3.63) is 21.8 Å². The van der Waals surface area contributed by atoms with Gasteiger partial charge in [0.2, 0.25) is 0 Å². The van der Waals surface area contributed by atoms with E-state index in [0.717, 1.165) is 37.1 Å². The fourth-order valence-corrected chi connectivity index (χ4v) is 2.07. The lowest BCUT2D eigenvalue weighted by Crippen LogP contribution is -2.01. The molecule has 15 heavy (non-hydrogen) atoms. The monoisotopic (exact) mass is 544 g/mol. The van der Waals surface area contributed by atoms with Crippen LogP contribution >= 0.6 is 67.8 Å². The Kier molecular flexibility index (Phi) is 7.65. The lowest BCUT2D eigenvalue weighted by atomic mass is 10.3. The number of hydrogen-bond donors (Lipinski definition) is 0. The maximum Gasteiger partial charge on any atom is 0.124 e. The van der Waals surface area contributed by atoms with Crippen molar-refractivity contribution in [1.82, 2.24) is 0 Å². The van der Waals surface area contributed by atoms with Crippen molar-refractivity contribution in [2.45, 2.75) is 0 Å². The van der Waals surface area contributed by atoms with E-state index < -0.39 is 0 Å². The molecule has 0 spiro atoms. The molecule has 0 aliphatic carbocycles. The zero-order valence-electron chi connectivity index (χ0n) is 8.01. The Bertz CT molecular complexity index is 278. The molecule has 0 aromatic heterocycles. The van der Waals surface area contributed by atoms with Crippen LogP contribution in [0.3, 0.4) is 0 Å². The Morgan fingerprint density at radius 2 is 1.33 bits per heavy atom. The summed E-state index contributed by atoms with van der Waals surface area (Å²) >= 11 is 6.86. The van der Waals surface area contributed by atoms with Gasteiger partial charge in [-0.2, -0.15) is 0 Å². The van der Waals surface area contributed by atoms with E-state index in [1.54, 1.807) is 0 Å². The van der Waals surface area contributed by atoms with E-state index >= 15 is 0 Å². The van der Waals surface area contributed by atoms with Gasteiger partial charge in [-0.3, -0.25) is 0 Å². The van der Waals surface area contributed by atoms with Gasteiger partial charge in [0.15, 0.2) is 0 Å². The van der Waals surface area contributed by atoms with Crippen molar-refractivity contribution >= 4 is 67.8 Å². The van der Waals surface area contributed by atoms with Crippen molar-refractivity contribution in [3.63, 3.8) is 0 Å². The molecule has 0 aliphatic heterocycles. The summed E-state index contributed by atoms with van der Waals surface area (Å²) in [5.41, 5.74) is 0. The molecule has 0 unspecified atom stereocenters. The number of hydrogen-bond acceptors (Lipinski definition) is 2. The number of halogens is 3. The molecule has 0 atom stereocenters. The van der Waals surface area contributed by atoms with Gasteiger partial charge in [0, 0.05) is 18.5 Å². The van der Waals surface area contributed by atoms with Gasteiger partial charge in [0.25, 0.3) is 0 Å². The zero-order valence-corrected chi connectivity index (χ0v) is 14.5. The van der Waals surface area contributed by atoms with Crippen LogP contribution in [0.5, 0.6) is 11.5 Å². The highest BCUT2D eigenvalue weighted by Gasteiger charge is 2.01. The third-order valence-electron chi connectivity index (χ3n) is 1.54. The van der Waals surface area contributed by atoms with Crippen LogP contribution in [0.15, 0.2) is 18.2 Å². The minimum Gasteiger partial charge on any atom is -0.493 e. The summed E-state index contributed by atoms with van der Waals surface area (Å²) in [6, 6.07) is 5.98. The van der Waals surface area contributed by atoms with E-state index in [1.807, 2.05) is 18.2 Å². The Balaban J connectivity index is 2.66. The first-order valence-corrected chi connectivity index (χ1v) is 8.57. The van der Waals surface area contributed by atoms with E-state index in [-0.39, 0.29) is 0 Å². The molecule has 0 heterocycles. The molecule has 0 N–H and O–H groups in total. The molecule has 1 aromatic carbocycles. The standard InChI is InChI=1S/C10H11I3O2/c11-1-3-14-9-5-8(13)6-10(7-9)15-4-2-12/h5-7H,1-4H2. The van der Waals surface area contributed by atoms with Gasteiger partial charge in [-0.25, -0.2) is 0 Å². The average Bonchev–Trinajstić information content (AvgIpc) is 2.23. The van der Waals surface area contributed by atoms with Gasteiger partial charge in [0.1, 0.15) is 11.5 Å². The topological polar surface area (TPSA) is 18.5 Å². The largest absolute Gasteiger partial charge is 0.493 e. The number of alkyl halides is 2. The molecule has 5 heteroatoms. The van der Waals surface area contributed by atoms with Gasteiger partial charge >= 0.3 is 0 Å². The van der Waals surface area contributed by atoms with Crippen LogP contribution in [0, 0.1) is 3.57 Å². The molecule has 84 valence electrons. The van der Waals surface area contributed by atoms with E-state index in [1.165, 1.54) is 0 Å². The maximum atomic E-state index is 5.56. The maximum absolute atomic E-state index is 5.56. The molecule has 1 rings (SSSR count). The number of rotatable bonds is 6. The summed E-state index contributed by atoms with van der Waals surface area (Å²) in [5, 5.41) is 0. The predicted octanol–water partition coefficient (Wildman–Crippen LogP) is 3.92. The Morgan fingerprint density at radius 1 is 0.867 bits per heavy atom. The second-order valence-electron chi connectivity index (χ2n) is 2.70. The Morgan fingerprint density at radius 3 is 1.73 bits per heavy atom. The molecule has 1 aromatic rings. The molecule has 0 amide bonds. The molecule has 0 radical (unpaired) electrons. The fraction of sp³-hybridized carbons (Fsp3) is 0.400. The highest BCUT2D eigenvalue weighted by Crippen LogP contribution is 2.24. The van der Waals surface area contributed by atoms with Crippen LogP contribution in [0.25, 0.3) is 0 Å². The Labute approximate surface area is 131 Å². The minimum absolute atomic E-state index is 0.742. The van der Waals surface area contributed by atoms with Crippen molar-refractivity contribution in [1.29, 1.82) is 0 Å². The van der Waals surface area contributed by atoms with E-state index in [9.17, 15) is 0 Å². The first kappa shape index (κ1) is 14.1. The summed E-state index contributed by atoms with van der Waals surface area (Å²) in [5.74, 6) is 1.78. The first-order chi connectivity index (χ1) is 7.26. The fourth-order valence-electron chi connectivity index (χ4n) is 1.02. The summed E-state index contributed by atoms with van der Waals surface area (Å²) in [7, 11) is 0. The normalized spacial score (nSPS) is 10.1. The van der Waals surface area contributed by atoms with Crippen molar-refractivity contribution in [2.75, 3.05) is 22.1 Å². The van der Waals surface area contributed by atoms with E-state index in [2.05, 4.69) is 67.8 Å². The summed E-state index contributed by atoms with van der Waals surface area (Å²) in [6.07, 6.45) is 0. The highest BCUT2D eigenvalue weighted by molar-refractivity contribution is 14.1. The van der Waals surface area contributed by atoms with Crippen molar-refractivity contribution in [3.8, 4) is 11.5 Å². The van der Waals surface area contributed by atoms with Crippen LogP contribution in [0.1, 0.15) is 0 Å². The molecular formula is C10H11I3O2. The van der Waals surface area contributed by atoms with Crippen molar-refractivity contribution in [2.24, 2.45) is 0 Å². The van der Waals surface area contributed by atoms with Crippen LogP contribution in [0.4, 0.5) is 0 Å². The van der Waals surface area contributed by atoms with E-state index in [4.69, 9.17) is 9.47 Å². The second kappa shape index (κ2) is 8.15. The molecule has 0 aliphatic rings. The molecular weight excluding hydrogens is 533 g/mol. The molecule has 0 fully saturated rings. The average molecular weight is 544 g/mol. The number of ether oxygens (including phenoxy) is 2. The summed E-state index contributed by atoms with van der Waals surface area (Å²) in [4.78, 5) is 0. The lowest BCUT2D eigenvalue weighted by Gasteiger charge is -2.09. The van der Waals surface area contributed by atoms with Gasteiger partial charge in [-0.1, -0.05) is 45.2 Å². The van der Waals surface area contributed by atoms with Crippen LogP contribution in [0.2, 0.25) is 0 Å². The van der Waals surface area contributed by atoms with Gasteiger partial charge in [0.05, 0.1) is 13.2 Å². The van der Waals surface area contributed by atoms with Crippen LogP contribution in [-0.2, 0) is 0 Å².